The van der Waals surface area contributed by atoms with Crippen LogP contribution in [-0.4, -0.2) is 39.0 Å². The summed E-state index contributed by atoms with van der Waals surface area (Å²) in [6.07, 6.45) is 3.99. The van der Waals surface area contributed by atoms with Crippen LogP contribution in [0.5, 0.6) is 0 Å². The van der Waals surface area contributed by atoms with Gasteiger partial charge in [0.15, 0.2) is 0 Å². The molecule has 2 rings (SSSR count). The van der Waals surface area contributed by atoms with E-state index in [4.69, 9.17) is 5.73 Å². The summed E-state index contributed by atoms with van der Waals surface area (Å²) in [5.74, 6) is -0.557. The van der Waals surface area contributed by atoms with E-state index in [1.807, 2.05) is 6.26 Å². The molecule has 1 aromatic rings. The standard InChI is InChI=1S/C13H18N2O4S2/c1-19-12(16)9-3-4-11(10(14)7-9)21(17,18)15-8-13(20-2)5-6-13/h3-4,7,15H,5-6,8,14H2,1-2H3. The van der Waals surface area contributed by atoms with E-state index in [-0.39, 0.29) is 20.9 Å². The lowest BCUT2D eigenvalue weighted by molar-refractivity contribution is 0.0600. The Bertz CT molecular complexity index is 654. The molecular formula is C13H18N2O4S2. The predicted molar refractivity (Wildman–Crippen MR) is 82.9 cm³/mol. The first-order valence-electron chi connectivity index (χ1n) is 6.36. The maximum Gasteiger partial charge on any atom is 0.337 e. The van der Waals surface area contributed by atoms with Crippen molar-refractivity contribution < 1.29 is 17.9 Å². The topological polar surface area (TPSA) is 98.5 Å². The van der Waals surface area contributed by atoms with Crippen molar-refractivity contribution in [2.45, 2.75) is 22.5 Å². The molecule has 0 aliphatic heterocycles. The molecule has 0 amide bonds. The zero-order valence-electron chi connectivity index (χ0n) is 11.9. The summed E-state index contributed by atoms with van der Waals surface area (Å²) < 4.78 is 31.7. The largest absolute Gasteiger partial charge is 0.465 e. The summed E-state index contributed by atoms with van der Waals surface area (Å²) in [5, 5.41) is 0. The van der Waals surface area contributed by atoms with Crippen molar-refractivity contribution in [3.8, 4) is 0 Å². The molecule has 3 N–H and O–H groups in total. The minimum atomic E-state index is -3.68. The molecular weight excluding hydrogens is 312 g/mol. The van der Waals surface area contributed by atoms with Crippen LogP contribution in [0.4, 0.5) is 5.69 Å². The smallest absolute Gasteiger partial charge is 0.337 e. The maximum atomic E-state index is 12.3. The van der Waals surface area contributed by atoms with E-state index in [9.17, 15) is 13.2 Å². The summed E-state index contributed by atoms with van der Waals surface area (Å²) in [7, 11) is -2.43. The summed E-state index contributed by atoms with van der Waals surface area (Å²) in [5.41, 5.74) is 6.00. The van der Waals surface area contributed by atoms with Crippen molar-refractivity contribution in [1.82, 2.24) is 4.72 Å². The SMILES string of the molecule is COC(=O)c1ccc(S(=O)(=O)NCC2(SC)CC2)c(N)c1. The third-order valence-electron chi connectivity index (χ3n) is 3.55. The number of hydrogen-bond acceptors (Lipinski definition) is 6. The van der Waals surface area contributed by atoms with E-state index >= 15 is 0 Å². The van der Waals surface area contributed by atoms with Crippen LogP contribution < -0.4 is 10.5 Å². The predicted octanol–water partition coefficient (Wildman–Crippen LogP) is 1.23. The quantitative estimate of drug-likeness (QED) is 0.601. The van der Waals surface area contributed by atoms with Gasteiger partial charge in [-0.2, -0.15) is 11.8 Å². The molecule has 0 heterocycles. The van der Waals surface area contributed by atoms with Gasteiger partial charge in [-0.05, 0) is 37.3 Å². The van der Waals surface area contributed by atoms with Gasteiger partial charge in [0.2, 0.25) is 10.0 Å². The van der Waals surface area contributed by atoms with Gasteiger partial charge in [-0.15, -0.1) is 0 Å². The highest BCUT2D eigenvalue weighted by molar-refractivity contribution is 8.00. The Morgan fingerprint density at radius 2 is 2.14 bits per heavy atom. The van der Waals surface area contributed by atoms with Gasteiger partial charge in [-0.25, -0.2) is 17.9 Å². The highest BCUT2D eigenvalue weighted by Gasteiger charge is 2.42. The van der Waals surface area contributed by atoms with Crippen LogP contribution in [0.25, 0.3) is 0 Å². The van der Waals surface area contributed by atoms with E-state index < -0.39 is 16.0 Å². The van der Waals surface area contributed by atoms with Crippen LogP contribution in [0.1, 0.15) is 23.2 Å². The van der Waals surface area contributed by atoms with Crippen LogP contribution in [0.2, 0.25) is 0 Å². The monoisotopic (exact) mass is 330 g/mol. The number of nitrogen functional groups attached to an aromatic ring is 1. The van der Waals surface area contributed by atoms with E-state index in [1.54, 1.807) is 11.8 Å². The van der Waals surface area contributed by atoms with Gasteiger partial charge in [0.05, 0.1) is 18.4 Å². The van der Waals surface area contributed by atoms with Crippen LogP contribution in [0, 0.1) is 0 Å². The number of hydrogen-bond donors (Lipinski definition) is 2. The zero-order chi connectivity index (χ0) is 15.7. The number of benzene rings is 1. The van der Waals surface area contributed by atoms with Gasteiger partial charge in [-0.1, -0.05) is 0 Å². The second-order valence-corrected chi connectivity index (χ2v) is 7.97. The molecule has 116 valence electrons. The summed E-state index contributed by atoms with van der Waals surface area (Å²) >= 11 is 1.67. The number of ether oxygens (including phenoxy) is 1. The van der Waals surface area contributed by atoms with E-state index in [1.165, 1.54) is 25.3 Å². The number of thioether (sulfide) groups is 1. The molecule has 1 saturated carbocycles. The van der Waals surface area contributed by atoms with Crippen molar-refractivity contribution >= 4 is 33.4 Å². The van der Waals surface area contributed by atoms with Crippen LogP contribution >= 0.6 is 11.8 Å². The molecule has 0 unspecified atom stereocenters. The Kier molecular flexibility index (Phi) is 4.50. The first-order valence-corrected chi connectivity index (χ1v) is 9.07. The highest BCUT2D eigenvalue weighted by Crippen LogP contribution is 2.46. The lowest BCUT2D eigenvalue weighted by Crippen LogP contribution is -2.32. The Labute approximate surface area is 128 Å². The molecule has 0 spiro atoms. The number of nitrogens with two attached hydrogens (primary N) is 1. The van der Waals surface area contributed by atoms with Crippen LogP contribution in [-0.2, 0) is 14.8 Å². The Hall–Kier alpha value is -1.25. The number of methoxy groups -OCH3 is 1. The van der Waals surface area contributed by atoms with Crippen molar-refractivity contribution in [3.63, 3.8) is 0 Å². The molecule has 1 fully saturated rings. The van der Waals surface area contributed by atoms with Gasteiger partial charge in [0, 0.05) is 11.3 Å². The van der Waals surface area contributed by atoms with E-state index in [0.29, 0.717) is 6.54 Å². The first kappa shape index (κ1) is 16.1. The Morgan fingerprint density at radius 1 is 1.48 bits per heavy atom. The molecule has 21 heavy (non-hydrogen) atoms. The molecule has 0 radical (unpaired) electrons. The summed E-state index contributed by atoms with van der Waals surface area (Å²) in [6, 6.07) is 4.02. The van der Waals surface area contributed by atoms with Gasteiger partial charge in [-0.3, -0.25) is 0 Å². The molecule has 6 nitrogen and oxygen atoms in total. The van der Waals surface area contributed by atoms with Gasteiger partial charge >= 0.3 is 5.97 Å². The van der Waals surface area contributed by atoms with Gasteiger partial charge in [0.25, 0.3) is 0 Å². The third kappa shape index (κ3) is 3.50. The lowest BCUT2D eigenvalue weighted by atomic mass is 10.2. The second kappa shape index (κ2) is 5.86. The molecule has 0 aromatic heterocycles. The summed E-state index contributed by atoms with van der Waals surface area (Å²) in [6.45, 7) is 0.384. The lowest BCUT2D eigenvalue weighted by Gasteiger charge is -2.14. The number of carbonyl (C=O) groups excluding carboxylic acids is 1. The molecule has 1 aliphatic carbocycles. The molecule has 1 aromatic carbocycles. The Balaban J connectivity index is 2.18. The molecule has 0 atom stereocenters. The van der Waals surface area contributed by atoms with Crippen LogP contribution in [0.15, 0.2) is 23.1 Å². The normalized spacial score (nSPS) is 16.5. The number of nitrogens with one attached hydrogen (secondary N) is 1. The minimum Gasteiger partial charge on any atom is -0.465 e. The molecule has 0 saturated heterocycles. The number of esters is 1. The number of rotatable bonds is 6. The average Bonchev–Trinajstić information content (AvgIpc) is 3.24. The van der Waals surface area contributed by atoms with Crippen molar-refractivity contribution in [2.75, 3.05) is 25.6 Å². The zero-order valence-corrected chi connectivity index (χ0v) is 13.5. The van der Waals surface area contributed by atoms with E-state index in [0.717, 1.165) is 12.8 Å². The third-order valence-corrected chi connectivity index (χ3v) is 6.44. The van der Waals surface area contributed by atoms with E-state index in [2.05, 4.69) is 9.46 Å². The molecule has 1 aliphatic rings. The number of carbonyl (C=O) groups is 1. The highest BCUT2D eigenvalue weighted by atomic mass is 32.2. The summed E-state index contributed by atoms with van der Waals surface area (Å²) in [4.78, 5) is 11.4. The van der Waals surface area contributed by atoms with Crippen molar-refractivity contribution in [1.29, 1.82) is 0 Å². The van der Waals surface area contributed by atoms with Gasteiger partial charge in [0.1, 0.15) is 4.90 Å². The minimum absolute atomic E-state index is 0.0212. The Morgan fingerprint density at radius 3 is 2.62 bits per heavy atom. The average molecular weight is 330 g/mol. The first-order chi connectivity index (χ1) is 9.83. The second-order valence-electron chi connectivity index (χ2n) is 4.96. The van der Waals surface area contributed by atoms with Gasteiger partial charge < -0.3 is 10.5 Å². The number of sulfonamides is 1. The molecule has 0 bridgehead atoms. The maximum absolute atomic E-state index is 12.3. The van der Waals surface area contributed by atoms with Crippen molar-refractivity contribution in [2.24, 2.45) is 0 Å². The molecule has 8 heteroatoms. The van der Waals surface area contributed by atoms with Crippen LogP contribution in [0.3, 0.4) is 0 Å². The fraction of sp³-hybridized carbons (Fsp3) is 0.462. The number of anilines is 1. The fourth-order valence-corrected chi connectivity index (χ4v) is 3.99. The van der Waals surface area contributed by atoms with Crippen molar-refractivity contribution in [3.05, 3.63) is 23.8 Å². The fourth-order valence-electron chi connectivity index (χ4n) is 1.93.